The van der Waals surface area contributed by atoms with E-state index < -0.39 is 0 Å². The standard InChI is InChI=1S/C18H21FN2O2/c1-23-11-10-20-13-17(22)21-18(14-6-3-2-4-7-14)15-8-5-9-16(19)12-15/h2-9,12,18,20H,10-11,13H2,1H3,(H,21,22). The summed E-state index contributed by atoms with van der Waals surface area (Å²) in [5.74, 6) is -0.477. The second-order valence-electron chi connectivity index (χ2n) is 5.14. The van der Waals surface area contributed by atoms with Crippen molar-refractivity contribution in [2.45, 2.75) is 6.04 Å². The number of hydrogen-bond acceptors (Lipinski definition) is 3. The second kappa shape index (κ2) is 9.02. The molecule has 0 bridgehead atoms. The van der Waals surface area contributed by atoms with E-state index in [1.165, 1.54) is 12.1 Å². The number of ether oxygens (including phenoxy) is 1. The first kappa shape index (κ1) is 17.1. The lowest BCUT2D eigenvalue weighted by molar-refractivity contribution is -0.120. The van der Waals surface area contributed by atoms with Crippen LogP contribution in [0.5, 0.6) is 0 Å². The molecule has 2 rings (SSSR count). The molecule has 1 amide bonds. The molecule has 0 aliphatic carbocycles. The van der Waals surface area contributed by atoms with Gasteiger partial charge in [-0.3, -0.25) is 4.79 Å². The van der Waals surface area contributed by atoms with Gasteiger partial charge in [0.2, 0.25) is 5.91 Å². The lowest BCUT2D eigenvalue weighted by Gasteiger charge is -2.20. The summed E-state index contributed by atoms with van der Waals surface area (Å²) in [7, 11) is 1.61. The fourth-order valence-electron chi connectivity index (χ4n) is 2.28. The van der Waals surface area contributed by atoms with Crippen LogP contribution in [0.2, 0.25) is 0 Å². The van der Waals surface area contributed by atoms with Crippen LogP contribution in [0.4, 0.5) is 4.39 Å². The number of hydrogen-bond donors (Lipinski definition) is 2. The Labute approximate surface area is 135 Å². The Kier molecular flexibility index (Phi) is 6.72. The molecule has 122 valence electrons. The minimum absolute atomic E-state index is 0.154. The minimum atomic E-state index is -0.386. The SMILES string of the molecule is COCCNCC(=O)NC(c1ccccc1)c1cccc(F)c1. The van der Waals surface area contributed by atoms with Crippen molar-refractivity contribution in [2.75, 3.05) is 26.8 Å². The molecule has 2 N–H and O–H groups in total. The van der Waals surface area contributed by atoms with Crippen LogP contribution in [0, 0.1) is 5.82 Å². The topological polar surface area (TPSA) is 50.4 Å². The summed E-state index contributed by atoms with van der Waals surface area (Å²) in [4.78, 5) is 12.1. The Bertz CT molecular complexity index is 619. The van der Waals surface area contributed by atoms with Crippen LogP contribution in [-0.2, 0) is 9.53 Å². The fraction of sp³-hybridized carbons (Fsp3) is 0.278. The van der Waals surface area contributed by atoms with Gasteiger partial charge < -0.3 is 15.4 Å². The number of nitrogens with one attached hydrogen (secondary N) is 2. The Morgan fingerprint density at radius 3 is 2.57 bits per heavy atom. The van der Waals surface area contributed by atoms with E-state index in [-0.39, 0.29) is 24.3 Å². The Morgan fingerprint density at radius 1 is 1.13 bits per heavy atom. The number of methoxy groups -OCH3 is 1. The number of amides is 1. The summed E-state index contributed by atoms with van der Waals surface area (Å²) in [6.07, 6.45) is 0. The average molecular weight is 316 g/mol. The van der Waals surface area contributed by atoms with Crippen molar-refractivity contribution in [3.63, 3.8) is 0 Å². The summed E-state index contributed by atoms with van der Waals surface area (Å²) in [5.41, 5.74) is 1.62. The molecular weight excluding hydrogens is 295 g/mol. The van der Waals surface area contributed by atoms with E-state index in [0.29, 0.717) is 18.7 Å². The first-order chi connectivity index (χ1) is 11.2. The van der Waals surface area contributed by atoms with Gasteiger partial charge in [-0.2, -0.15) is 0 Å². The van der Waals surface area contributed by atoms with Gasteiger partial charge in [-0.15, -0.1) is 0 Å². The molecule has 0 aliphatic heterocycles. The van der Waals surface area contributed by atoms with Crippen molar-refractivity contribution in [2.24, 2.45) is 0 Å². The van der Waals surface area contributed by atoms with Gasteiger partial charge in [-0.05, 0) is 23.3 Å². The van der Waals surface area contributed by atoms with E-state index in [1.807, 2.05) is 30.3 Å². The molecule has 2 aromatic rings. The summed E-state index contributed by atoms with van der Waals surface area (Å²) in [6, 6.07) is 15.4. The van der Waals surface area contributed by atoms with E-state index in [4.69, 9.17) is 4.74 Å². The molecule has 0 aliphatic rings. The van der Waals surface area contributed by atoms with Crippen molar-refractivity contribution in [1.29, 1.82) is 0 Å². The lowest BCUT2D eigenvalue weighted by atomic mass is 9.98. The van der Waals surface area contributed by atoms with Gasteiger partial charge in [0.05, 0.1) is 19.2 Å². The van der Waals surface area contributed by atoms with Crippen molar-refractivity contribution in [1.82, 2.24) is 10.6 Å². The van der Waals surface area contributed by atoms with Crippen LogP contribution < -0.4 is 10.6 Å². The van der Waals surface area contributed by atoms with Crippen molar-refractivity contribution in [3.05, 3.63) is 71.5 Å². The van der Waals surface area contributed by atoms with E-state index in [2.05, 4.69) is 10.6 Å². The van der Waals surface area contributed by atoms with Gasteiger partial charge in [0.25, 0.3) is 0 Å². The molecule has 0 aromatic heterocycles. The molecule has 0 spiro atoms. The molecule has 5 heteroatoms. The monoisotopic (exact) mass is 316 g/mol. The summed E-state index contributed by atoms with van der Waals surface area (Å²) in [5, 5.41) is 5.94. The van der Waals surface area contributed by atoms with Gasteiger partial charge in [0.1, 0.15) is 5.82 Å². The molecule has 2 aromatic carbocycles. The predicted molar refractivity (Wildman–Crippen MR) is 87.6 cm³/mol. The molecule has 1 unspecified atom stereocenters. The van der Waals surface area contributed by atoms with Crippen LogP contribution in [-0.4, -0.2) is 32.7 Å². The smallest absolute Gasteiger partial charge is 0.234 e. The van der Waals surface area contributed by atoms with E-state index in [9.17, 15) is 9.18 Å². The highest BCUT2D eigenvalue weighted by Gasteiger charge is 2.17. The predicted octanol–water partition coefficient (Wildman–Crippen LogP) is 2.27. The Morgan fingerprint density at radius 2 is 1.87 bits per heavy atom. The number of carbonyl (C=O) groups is 1. The van der Waals surface area contributed by atoms with E-state index >= 15 is 0 Å². The number of carbonyl (C=O) groups excluding carboxylic acids is 1. The quantitative estimate of drug-likeness (QED) is 0.735. The molecule has 0 radical (unpaired) electrons. The molecule has 4 nitrogen and oxygen atoms in total. The second-order valence-corrected chi connectivity index (χ2v) is 5.14. The molecule has 23 heavy (non-hydrogen) atoms. The fourth-order valence-corrected chi connectivity index (χ4v) is 2.28. The summed E-state index contributed by atoms with van der Waals surface area (Å²) in [6.45, 7) is 1.32. The molecule has 0 saturated carbocycles. The highest BCUT2D eigenvalue weighted by atomic mass is 19.1. The maximum absolute atomic E-state index is 13.5. The summed E-state index contributed by atoms with van der Waals surface area (Å²) < 4.78 is 18.4. The number of benzene rings is 2. The largest absolute Gasteiger partial charge is 0.383 e. The maximum Gasteiger partial charge on any atom is 0.234 e. The van der Waals surface area contributed by atoms with Crippen LogP contribution in [0.3, 0.4) is 0 Å². The first-order valence-corrected chi connectivity index (χ1v) is 7.50. The Hall–Kier alpha value is -2.24. The van der Waals surface area contributed by atoms with Crippen molar-refractivity contribution in [3.8, 4) is 0 Å². The first-order valence-electron chi connectivity index (χ1n) is 7.50. The average Bonchev–Trinajstić information content (AvgIpc) is 2.57. The van der Waals surface area contributed by atoms with Gasteiger partial charge in [-0.25, -0.2) is 4.39 Å². The van der Waals surface area contributed by atoms with Gasteiger partial charge in [0, 0.05) is 13.7 Å². The number of halogens is 1. The highest BCUT2D eigenvalue weighted by molar-refractivity contribution is 5.79. The maximum atomic E-state index is 13.5. The van der Waals surface area contributed by atoms with E-state index in [0.717, 1.165) is 5.56 Å². The summed E-state index contributed by atoms with van der Waals surface area (Å²) >= 11 is 0. The van der Waals surface area contributed by atoms with Gasteiger partial charge >= 0.3 is 0 Å². The molecule has 0 fully saturated rings. The molecule has 0 heterocycles. The third-order valence-corrected chi connectivity index (χ3v) is 3.39. The molecule has 0 saturated heterocycles. The van der Waals surface area contributed by atoms with Gasteiger partial charge in [-0.1, -0.05) is 42.5 Å². The van der Waals surface area contributed by atoms with Crippen LogP contribution in [0.15, 0.2) is 54.6 Å². The zero-order valence-electron chi connectivity index (χ0n) is 13.1. The van der Waals surface area contributed by atoms with Crippen LogP contribution in [0.25, 0.3) is 0 Å². The highest BCUT2D eigenvalue weighted by Crippen LogP contribution is 2.22. The molecular formula is C18H21FN2O2. The van der Waals surface area contributed by atoms with Crippen LogP contribution in [0.1, 0.15) is 17.2 Å². The van der Waals surface area contributed by atoms with Crippen molar-refractivity contribution >= 4 is 5.91 Å². The van der Waals surface area contributed by atoms with E-state index in [1.54, 1.807) is 19.2 Å². The zero-order chi connectivity index (χ0) is 16.5. The van der Waals surface area contributed by atoms with Crippen LogP contribution >= 0.6 is 0 Å². The minimum Gasteiger partial charge on any atom is -0.383 e. The third-order valence-electron chi connectivity index (χ3n) is 3.39. The Balaban J connectivity index is 2.10. The zero-order valence-corrected chi connectivity index (χ0v) is 13.1. The third kappa shape index (κ3) is 5.47. The molecule has 1 atom stereocenters. The number of rotatable bonds is 8. The normalized spacial score (nSPS) is 11.9. The van der Waals surface area contributed by atoms with Crippen molar-refractivity contribution < 1.29 is 13.9 Å². The lowest BCUT2D eigenvalue weighted by Crippen LogP contribution is -2.37. The van der Waals surface area contributed by atoms with Gasteiger partial charge in [0.15, 0.2) is 0 Å².